The summed E-state index contributed by atoms with van der Waals surface area (Å²) in [6, 6.07) is 2.90. The van der Waals surface area contributed by atoms with Gasteiger partial charge in [-0.1, -0.05) is 0 Å². The number of pyridine rings is 1. The summed E-state index contributed by atoms with van der Waals surface area (Å²) >= 11 is 0. The lowest BCUT2D eigenvalue weighted by molar-refractivity contribution is -0.115. The maximum atomic E-state index is 12.5. The Hall–Kier alpha value is -4.01. The van der Waals surface area contributed by atoms with E-state index in [4.69, 9.17) is 9.47 Å². The molecule has 0 aliphatic heterocycles. The van der Waals surface area contributed by atoms with Gasteiger partial charge in [-0.05, 0) is 12.1 Å². The fraction of sp³-hybridized carbons (Fsp3) is 0.333. The molecule has 2 aromatic rings. The molecule has 0 aromatic carbocycles. The van der Waals surface area contributed by atoms with Gasteiger partial charge in [0.2, 0.25) is 24.1 Å². The lowest BCUT2D eigenvalue weighted by atomic mass is 10.2. The minimum atomic E-state index is -4.46. The van der Waals surface area contributed by atoms with Crippen molar-refractivity contribution in [3.05, 3.63) is 30.0 Å². The van der Waals surface area contributed by atoms with Crippen molar-refractivity contribution in [3.63, 3.8) is 0 Å². The average molecular weight is 484 g/mol. The van der Waals surface area contributed by atoms with Crippen molar-refractivity contribution in [1.82, 2.24) is 29.5 Å². The van der Waals surface area contributed by atoms with Crippen LogP contribution < -0.4 is 19.5 Å². The van der Waals surface area contributed by atoms with Crippen LogP contribution in [0, 0.1) is 0 Å². The normalized spacial score (nSPS) is 10.1. The number of carbonyl (C=O) groups is 3. The Morgan fingerprint density at radius 3 is 2.06 bits per heavy atom. The van der Waals surface area contributed by atoms with Crippen LogP contribution >= 0.6 is 0 Å². The van der Waals surface area contributed by atoms with Crippen molar-refractivity contribution in [2.24, 2.45) is 0 Å². The molecule has 0 fully saturated rings. The SMILES string of the molecule is CN(C)C=O.COc1cc(OC)nc(NC(=O)NS(=O)(=O)c2ncccc2C(=O)N(C)C)n1. The smallest absolute Gasteiger partial charge is 0.335 e. The van der Waals surface area contributed by atoms with Crippen LogP contribution in [0.2, 0.25) is 0 Å². The van der Waals surface area contributed by atoms with Crippen molar-refractivity contribution >= 4 is 34.3 Å². The molecule has 0 atom stereocenters. The molecule has 0 saturated carbocycles. The summed E-state index contributed by atoms with van der Waals surface area (Å²) in [5, 5.41) is 1.56. The maximum absolute atomic E-state index is 12.5. The van der Waals surface area contributed by atoms with Gasteiger partial charge in [0.15, 0.2) is 5.03 Å². The molecule has 180 valence electrons. The molecule has 2 heterocycles. The third-order valence-corrected chi connectivity index (χ3v) is 4.71. The molecule has 33 heavy (non-hydrogen) atoms. The predicted octanol–water partition coefficient (Wildman–Crippen LogP) is -0.195. The number of hydrogen-bond acceptors (Lipinski definition) is 10. The molecule has 0 aliphatic rings. The van der Waals surface area contributed by atoms with Gasteiger partial charge >= 0.3 is 6.03 Å². The van der Waals surface area contributed by atoms with Crippen LogP contribution in [0.1, 0.15) is 10.4 Å². The van der Waals surface area contributed by atoms with Gasteiger partial charge in [-0.2, -0.15) is 18.4 Å². The molecule has 0 radical (unpaired) electrons. The van der Waals surface area contributed by atoms with Crippen LogP contribution in [0.25, 0.3) is 0 Å². The highest BCUT2D eigenvalue weighted by atomic mass is 32.2. The molecule has 15 heteroatoms. The number of rotatable bonds is 7. The van der Waals surface area contributed by atoms with E-state index >= 15 is 0 Å². The largest absolute Gasteiger partial charge is 0.481 e. The zero-order valence-electron chi connectivity index (χ0n) is 18.9. The van der Waals surface area contributed by atoms with Gasteiger partial charge in [-0.3, -0.25) is 14.9 Å². The van der Waals surface area contributed by atoms with Gasteiger partial charge in [-0.25, -0.2) is 14.5 Å². The summed E-state index contributed by atoms with van der Waals surface area (Å²) in [5.41, 5.74) is -0.188. The summed E-state index contributed by atoms with van der Waals surface area (Å²) in [4.78, 5) is 47.8. The topological polar surface area (TPSA) is 173 Å². The van der Waals surface area contributed by atoms with Crippen LogP contribution in [-0.2, 0) is 14.8 Å². The number of sulfonamides is 1. The Morgan fingerprint density at radius 1 is 1.06 bits per heavy atom. The van der Waals surface area contributed by atoms with Crippen LogP contribution in [0.15, 0.2) is 29.4 Å². The first-order valence-corrected chi connectivity index (χ1v) is 10.5. The highest BCUT2D eigenvalue weighted by Gasteiger charge is 2.27. The van der Waals surface area contributed by atoms with E-state index in [-0.39, 0.29) is 23.3 Å². The first-order chi connectivity index (χ1) is 15.4. The fourth-order valence-corrected chi connectivity index (χ4v) is 3.01. The Balaban J connectivity index is 0.000000981. The van der Waals surface area contributed by atoms with E-state index in [1.807, 2.05) is 0 Å². The van der Waals surface area contributed by atoms with Gasteiger partial charge in [0.05, 0.1) is 25.8 Å². The summed E-state index contributed by atoms with van der Waals surface area (Å²) < 4.78 is 36.7. The van der Waals surface area contributed by atoms with E-state index in [1.54, 1.807) is 18.8 Å². The lowest BCUT2D eigenvalue weighted by Crippen LogP contribution is -2.36. The van der Waals surface area contributed by atoms with Crippen LogP contribution in [0.5, 0.6) is 11.8 Å². The summed E-state index contributed by atoms with van der Waals surface area (Å²) in [6.07, 6.45) is 1.94. The standard InChI is InChI=1S/C15H18N6O6S.C3H7NO/c1-21(2)13(22)9-6-5-7-16-12(9)28(24,25)20-15(23)19-14-17-10(26-3)8-11(18-14)27-4;1-4(2)3-5/h5-8H,1-4H3,(H2,17,18,19,20,23);3H,1-2H3. The minimum absolute atomic E-state index is 0.0913. The molecule has 2 rings (SSSR count). The highest BCUT2D eigenvalue weighted by Crippen LogP contribution is 2.18. The van der Waals surface area contributed by atoms with E-state index in [1.165, 1.54) is 62.5 Å². The number of anilines is 1. The second kappa shape index (κ2) is 12.1. The van der Waals surface area contributed by atoms with Crippen LogP contribution in [0.4, 0.5) is 10.7 Å². The van der Waals surface area contributed by atoms with Crippen molar-refractivity contribution in [2.45, 2.75) is 5.03 Å². The molecule has 2 aromatic heterocycles. The second-order valence-electron chi connectivity index (χ2n) is 6.46. The van der Waals surface area contributed by atoms with Crippen LogP contribution in [0.3, 0.4) is 0 Å². The van der Waals surface area contributed by atoms with E-state index in [2.05, 4.69) is 20.3 Å². The predicted molar refractivity (Wildman–Crippen MR) is 116 cm³/mol. The van der Waals surface area contributed by atoms with Crippen molar-refractivity contribution in [2.75, 3.05) is 47.7 Å². The fourth-order valence-electron chi connectivity index (χ4n) is 1.98. The molecular weight excluding hydrogens is 458 g/mol. The van der Waals surface area contributed by atoms with Gasteiger partial charge in [0.1, 0.15) is 0 Å². The maximum Gasteiger partial charge on any atom is 0.335 e. The number of ether oxygens (including phenoxy) is 2. The molecule has 14 nitrogen and oxygen atoms in total. The average Bonchev–Trinajstić information content (AvgIpc) is 2.77. The van der Waals surface area contributed by atoms with E-state index in [9.17, 15) is 22.8 Å². The quantitative estimate of drug-likeness (QED) is 0.502. The monoisotopic (exact) mass is 483 g/mol. The zero-order chi connectivity index (χ0) is 25.2. The number of methoxy groups -OCH3 is 2. The molecule has 0 unspecified atom stereocenters. The number of aromatic nitrogens is 3. The third kappa shape index (κ3) is 8.21. The molecular formula is C18H25N7O7S. The Morgan fingerprint density at radius 2 is 1.61 bits per heavy atom. The molecule has 0 aliphatic carbocycles. The molecule has 0 bridgehead atoms. The number of amides is 4. The first-order valence-electron chi connectivity index (χ1n) is 9.04. The minimum Gasteiger partial charge on any atom is -0.481 e. The van der Waals surface area contributed by atoms with Gasteiger partial charge in [-0.15, -0.1) is 0 Å². The van der Waals surface area contributed by atoms with Crippen molar-refractivity contribution in [1.29, 1.82) is 0 Å². The molecule has 2 N–H and O–H groups in total. The van der Waals surface area contributed by atoms with E-state index < -0.39 is 27.0 Å². The first kappa shape index (κ1) is 27.0. The van der Waals surface area contributed by atoms with Gasteiger partial charge in [0.25, 0.3) is 15.9 Å². The van der Waals surface area contributed by atoms with Gasteiger partial charge < -0.3 is 19.3 Å². The van der Waals surface area contributed by atoms with Gasteiger partial charge in [0, 0.05) is 34.4 Å². The van der Waals surface area contributed by atoms with E-state index in [0.717, 1.165) is 6.41 Å². The molecule has 4 amide bonds. The molecule has 0 spiro atoms. The summed E-state index contributed by atoms with van der Waals surface area (Å²) in [7, 11) is 4.53. The number of nitrogens with one attached hydrogen (secondary N) is 2. The Bertz CT molecular complexity index is 1070. The highest BCUT2D eigenvalue weighted by molar-refractivity contribution is 7.90. The third-order valence-electron chi connectivity index (χ3n) is 3.42. The van der Waals surface area contributed by atoms with Crippen molar-refractivity contribution < 1.29 is 32.3 Å². The summed E-state index contributed by atoms with van der Waals surface area (Å²) in [5.74, 6) is -0.661. The Kier molecular flexibility index (Phi) is 9.94. The van der Waals surface area contributed by atoms with Crippen LogP contribution in [-0.4, -0.2) is 93.9 Å². The number of hydrogen-bond donors (Lipinski definition) is 2. The second-order valence-corrected chi connectivity index (χ2v) is 8.06. The Labute approximate surface area is 191 Å². The van der Waals surface area contributed by atoms with Crippen molar-refractivity contribution in [3.8, 4) is 11.8 Å². The number of nitrogens with zero attached hydrogens (tertiary/aromatic N) is 5. The number of urea groups is 1. The summed E-state index contributed by atoms with van der Waals surface area (Å²) in [6.45, 7) is 0. The lowest BCUT2D eigenvalue weighted by Gasteiger charge is -2.14. The molecule has 0 saturated heterocycles. The van der Waals surface area contributed by atoms with E-state index in [0.29, 0.717) is 0 Å². The zero-order valence-corrected chi connectivity index (χ0v) is 19.7. The number of carbonyl (C=O) groups excluding carboxylic acids is 3.